The Morgan fingerprint density at radius 2 is 2.10 bits per heavy atom. The number of likely N-dealkylation sites (N-methyl/N-ethyl adjacent to an activating group) is 1. The maximum atomic E-state index is 6.41. The van der Waals surface area contributed by atoms with Crippen LogP contribution in [0.25, 0.3) is 0 Å². The Hall–Kier alpha value is 0.170. The van der Waals surface area contributed by atoms with Crippen molar-refractivity contribution < 1.29 is 0 Å². The van der Waals surface area contributed by atoms with Crippen molar-refractivity contribution in [2.75, 3.05) is 18.1 Å². The zero-order valence-electron chi connectivity index (χ0n) is 12.5. The van der Waals surface area contributed by atoms with E-state index < -0.39 is 0 Å². The number of hydrogen-bond donors (Lipinski definition) is 1. The number of hydrogen-bond acceptors (Lipinski definition) is 3. The fourth-order valence-electron chi connectivity index (χ4n) is 2.71. The molecule has 1 aliphatic rings. The molecule has 0 radical (unpaired) electrons. The van der Waals surface area contributed by atoms with Crippen molar-refractivity contribution in [3.8, 4) is 0 Å². The summed E-state index contributed by atoms with van der Waals surface area (Å²) in [6.45, 7) is 7.66. The maximum absolute atomic E-state index is 6.41. The molecule has 1 aromatic rings. The maximum Gasteiger partial charge on any atom is 0.0441 e. The van der Waals surface area contributed by atoms with Gasteiger partial charge in [0.25, 0.3) is 0 Å². The lowest BCUT2D eigenvalue weighted by atomic mass is 10.0. The van der Waals surface area contributed by atoms with E-state index in [0.717, 1.165) is 18.0 Å². The first-order valence-corrected chi connectivity index (χ1v) is 9.81. The Balaban J connectivity index is 2.11. The van der Waals surface area contributed by atoms with Crippen LogP contribution < -0.4 is 5.32 Å². The van der Waals surface area contributed by atoms with Gasteiger partial charge in [0.1, 0.15) is 0 Å². The number of nitrogens with one attached hydrogen (secondary N) is 1. The van der Waals surface area contributed by atoms with Crippen LogP contribution in [0.2, 0.25) is 5.02 Å². The molecule has 0 amide bonds. The van der Waals surface area contributed by atoms with Crippen LogP contribution >= 0.6 is 35.1 Å². The Morgan fingerprint density at radius 3 is 2.75 bits per heavy atom. The molecule has 0 saturated carbocycles. The molecule has 3 unspecified atom stereocenters. The second-order valence-corrected chi connectivity index (χ2v) is 8.55. The molecule has 0 aromatic heterocycles. The van der Waals surface area contributed by atoms with E-state index in [1.807, 2.05) is 0 Å². The largest absolute Gasteiger partial charge is 0.313 e. The SMILES string of the molecule is CCNC(Cc1ccc(C)cc1Cl)C1SCCSC1C. The third-order valence-electron chi connectivity index (χ3n) is 3.75. The summed E-state index contributed by atoms with van der Waals surface area (Å²) < 4.78 is 0. The number of benzene rings is 1. The van der Waals surface area contributed by atoms with E-state index in [4.69, 9.17) is 11.6 Å². The van der Waals surface area contributed by atoms with E-state index in [9.17, 15) is 0 Å². The molecule has 0 aliphatic carbocycles. The smallest absolute Gasteiger partial charge is 0.0441 e. The van der Waals surface area contributed by atoms with Gasteiger partial charge in [0.05, 0.1) is 0 Å². The minimum Gasteiger partial charge on any atom is -0.313 e. The minimum absolute atomic E-state index is 0.507. The van der Waals surface area contributed by atoms with Gasteiger partial charge in [-0.2, -0.15) is 23.5 Å². The molecular weight excluding hydrogens is 306 g/mol. The predicted octanol–water partition coefficient (Wildman–Crippen LogP) is 4.41. The Morgan fingerprint density at radius 1 is 1.35 bits per heavy atom. The Labute approximate surface area is 136 Å². The van der Waals surface area contributed by atoms with Crippen LogP contribution in [0.3, 0.4) is 0 Å². The second kappa shape index (κ2) is 7.98. The van der Waals surface area contributed by atoms with Gasteiger partial charge in [-0.25, -0.2) is 0 Å². The van der Waals surface area contributed by atoms with E-state index >= 15 is 0 Å². The van der Waals surface area contributed by atoms with Gasteiger partial charge >= 0.3 is 0 Å². The molecule has 0 bridgehead atoms. The Bertz CT molecular complexity index is 438. The van der Waals surface area contributed by atoms with Gasteiger partial charge < -0.3 is 5.32 Å². The molecule has 1 aromatic carbocycles. The molecule has 1 heterocycles. The lowest BCUT2D eigenvalue weighted by Crippen LogP contribution is -2.45. The first kappa shape index (κ1) is 16.5. The van der Waals surface area contributed by atoms with Crippen LogP contribution in [-0.2, 0) is 6.42 Å². The average molecular weight is 330 g/mol. The van der Waals surface area contributed by atoms with Gasteiger partial charge in [-0.15, -0.1) is 0 Å². The molecule has 20 heavy (non-hydrogen) atoms. The first-order valence-electron chi connectivity index (χ1n) is 7.33. The third-order valence-corrected chi connectivity index (χ3v) is 7.35. The molecule has 1 N–H and O–H groups in total. The molecule has 1 fully saturated rings. The molecule has 1 aliphatic heterocycles. The number of rotatable bonds is 5. The zero-order chi connectivity index (χ0) is 14.5. The van der Waals surface area contributed by atoms with E-state index in [-0.39, 0.29) is 0 Å². The van der Waals surface area contributed by atoms with Crippen LogP contribution in [-0.4, -0.2) is 34.6 Å². The molecule has 2 rings (SSSR count). The van der Waals surface area contributed by atoms with Crippen LogP contribution in [0.15, 0.2) is 18.2 Å². The van der Waals surface area contributed by atoms with Gasteiger partial charge in [0.2, 0.25) is 0 Å². The number of thioether (sulfide) groups is 2. The van der Waals surface area contributed by atoms with Crippen molar-refractivity contribution in [1.29, 1.82) is 0 Å². The number of halogens is 1. The summed E-state index contributed by atoms with van der Waals surface area (Å²) in [5, 5.41) is 5.97. The molecule has 0 spiro atoms. The van der Waals surface area contributed by atoms with Crippen molar-refractivity contribution in [2.45, 2.75) is 43.7 Å². The van der Waals surface area contributed by atoms with Crippen molar-refractivity contribution >= 4 is 35.1 Å². The van der Waals surface area contributed by atoms with Crippen molar-refractivity contribution in [3.05, 3.63) is 34.3 Å². The zero-order valence-corrected chi connectivity index (χ0v) is 14.9. The minimum atomic E-state index is 0.507. The highest BCUT2D eigenvalue weighted by Crippen LogP contribution is 2.34. The summed E-state index contributed by atoms with van der Waals surface area (Å²) >= 11 is 10.6. The lowest BCUT2D eigenvalue weighted by Gasteiger charge is -2.35. The van der Waals surface area contributed by atoms with Gasteiger partial charge in [-0.3, -0.25) is 0 Å². The molecule has 3 atom stereocenters. The summed E-state index contributed by atoms with van der Waals surface area (Å²) in [5.41, 5.74) is 2.50. The third kappa shape index (κ3) is 4.33. The van der Waals surface area contributed by atoms with Crippen LogP contribution in [0.5, 0.6) is 0 Å². The monoisotopic (exact) mass is 329 g/mol. The average Bonchev–Trinajstić information content (AvgIpc) is 2.42. The number of aryl methyl sites for hydroxylation is 1. The van der Waals surface area contributed by atoms with Crippen LogP contribution in [0, 0.1) is 6.92 Å². The van der Waals surface area contributed by atoms with Crippen molar-refractivity contribution in [3.63, 3.8) is 0 Å². The van der Waals surface area contributed by atoms with Gasteiger partial charge in [-0.05, 0) is 37.1 Å². The second-order valence-electron chi connectivity index (χ2n) is 5.37. The van der Waals surface area contributed by atoms with E-state index in [1.165, 1.54) is 22.6 Å². The van der Waals surface area contributed by atoms with Gasteiger partial charge in [-0.1, -0.05) is 37.6 Å². The summed E-state index contributed by atoms with van der Waals surface area (Å²) in [5.74, 6) is 2.55. The normalized spacial score (nSPS) is 24.6. The van der Waals surface area contributed by atoms with Crippen molar-refractivity contribution in [1.82, 2.24) is 5.32 Å². The van der Waals surface area contributed by atoms with E-state index in [2.05, 4.69) is 67.8 Å². The fraction of sp³-hybridized carbons (Fsp3) is 0.625. The lowest BCUT2D eigenvalue weighted by molar-refractivity contribution is 0.501. The molecule has 4 heteroatoms. The highest BCUT2D eigenvalue weighted by Gasteiger charge is 2.30. The van der Waals surface area contributed by atoms with E-state index in [0.29, 0.717) is 16.5 Å². The highest BCUT2D eigenvalue weighted by molar-refractivity contribution is 8.07. The predicted molar refractivity (Wildman–Crippen MR) is 95.5 cm³/mol. The van der Waals surface area contributed by atoms with E-state index in [1.54, 1.807) is 0 Å². The fourth-order valence-corrected chi connectivity index (χ4v) is 5.99. The summed E-state index contributed by atoms with van der Waals surface area (Å²) in [7, 11) is 0. The topological polar surface area (TPSA) is 12.0 Å². The quantitative estimate of drug-likeness (QED) is 0.859. The summed E-state index contributed by atoms with van der Waals surface area (Å²) in [6.07, 6.45) is 1.02. The molecule has 112 valence electrons. The van der Waals surface area contributed by atoms with Gasteiger partial charge in [0.15, 0.2) is 0 Å². The first-order chi connectivity index (χ1) is 9.61. The summed E-state index contributed by atoms with van der Waals surface area (Å²) in [6, 6.07) is 6.93. The molecule has 1 nitrogen and oxygen atoms in total. The summed E-state index contributed by atoms with van der Waals surface area (Å²) in [4.78, 5) is 0. The van der Waals surface area contributed by atoms with Crippen LogP contribution in [0.4, 0.5) is 0 Å². The molecule has 1 saturated heterocycles. The van der Waals surface area contributed by atoms with Crippen molar-refractivity contribution in [2.24, 2.45) is 0 Å². The van der Waals surface area contributed by atoms with Crippen LogP contribution in [0.1, 0.15) is 25.0 Å². The Kier molecular flexibility index (Phi) is 6.60. The standard InChI is InChI=1S/C16H24ClNS2/c1-4-18-15(16-12(3)19-7-8-20-16)10-13-6-5-11(2)9-14(13)17/h5-6,9,12,15-16,18H,4,7-8,10H2,1-3H3. The van der Waals surface area contributed by atoms with Gasteiger partial charge in [0, 0.05) is 33.1 Å². The molecular formula is C16H24ClNS2. The highest BCUT2D eigenvalue weighted by atomic mass is 35.5.